The van der Waals surface area contributed by atoms with Crippen molar-refractivity contribution in [3.63, 3.8) is 0 Å². The van der Waals surface area contributed by atoms with Crippen molar-refractivity contribution in [1.82, 2.24) is 9.88 Å². The molecule has 0 aliphatic heterocycles. The zero-order valence-corrected chi connectivity index (χ0v) is 14.5. The quantitative estimate of drug-likeness (QED) is 0.872. The molecule has 6 heteroatoms. The van der Waals surface area contributed by atoms with Crippen LogP contribution in [0.25, 0.3) is 0 Å². The summed E-state index contributed by atoms with van der Waals surface area (Å²) in [6.07, 6.45) is 3.58. The van der Waals surface area contributed by atoms with Gasteiger partial charge in [0.25, 0.3) is 0 Å². The third kappa shape index (κ3) is 5.35. The van der Waals surface area contributed by atoms with Gasteiger partial charge >= 0.3 is 0 Å². The van der Waals surface area contributed by atoms with E-state index >= 15 is 0 Å². The van der Waals surface area contributed by atoms with Crippen molar-refractivity contribution in [2.24, 2.45) is 0 Å². The third-order valence-electron chi connectivity index (χ3n) is 3.63. The van der Waals surface area contributed by atoms with Gasteiger partial charge in [-0.05, 0) is 42.3 Å². The molecular formula is C18H20ClN3O2. The summed E-state index contributed by atoms with van der Waals surface area (Å²) in [5, 5.41) is 3.40. The van der Waals surface area contributed by atoms with Crippen molar-refractivity contribution in [1.29, 1.82) is 0 Å². The summed E-state index contributed by atoms with van der Waals surface area (Å²) in [5.41, 5.74) is 2.58. The lowest BCUT2D eigenvalue weighted by Gasteiger charge is -2.21. The van der Waals surface area contributed by atoms with E-state index in [2.05, 4.69) is 10.3 Å². The van der Waals surface area contributed by atoms with E-state index in [9.17, 15) is 9.59 Å². The molecule has 1 aromatic carbocycles. The number of carbonyl (C=O) groups excluding carboxylic acids is 2. The second-order valence-electron chi connectivity index (χ2n) is 5.56. The van der Waals surface area contributed by atoms with Crippen molar-refractivity contribution in [3.8, 4) is 0 Å². The summed E-state index contributed by atoms with van der Waals surface area (Å²) >= 11 is 6.05. The van der Waals surface area contributed by atoms with Crippen LogP contribution in [0.1, 0.15) is 24.5 Å². The lowest BCUT2D eigenvalue weighted by Crippen LogP contribution is -2.31. The normalized spacial score (nSPS) is 10.3. The lowest BCUT2D eigenvalue weighted by molar-refractivity contribution is -0.129. The molecular weight excluding hydrogens is 326 g/mol. The molecule has 0 spiro atoms. The first-order chi connectivity index (χ1) is 11.5. The van der Waals surface area contributed by atoms with Gasteiger partial charge in [-0.1, -0.05) is 17.7 Å². The molecule has 1 aromatic heterocycles. The number of carbonyl (C=O) groups is 2. The first-order valence-electron chi connectivity index (χ1n) is 7.66. The predicted octanol–water partition coefficient (Wildman–Crippen LogP) is 3.42. The molecule has 5 nitrogen and oxygen atoms in total. The number of nitrogens with zero attached hydrogens (tertiary/aromatic N) is 2. The fraction of sp³-hybridized carbons (Fsp3) is 0.278. The van der Waals surface area contributed by atoms with E-state index < -0.39 is 0 Å². The molecule has 126 valence electrons. The van der Waals surface area contributed by atoms with E-state index in [1.807, 2.05) is 25.1 Å². The Morgan fingerprint density at radius 2 is 1.92 bits per heavy atom. The Hall–Kier alpha value is -2.40. The zero-order chi connectivity index (χ0) is 17.5. The van der Waals surface area contributed by atoms with Gasteiger partial charge in [0.05, 0.1) is 0 Å². The molecule has 0 unspecified atom stereocenters. The molecule has 0 radical (unpaired) electrons. The molecule has 0 saturated heterocycles. The second kappa shape index (κ2) is 8.45. The molecule has 0 aliphatic carbocycles. The topological polar surface area (TPSA) is 62.3 Å². The largest absolute Gasteiger partial charge is 0.338 e. The maximum atomic E-state index is 12.1. The lowest BCUT2D eigenvalue weighted by atomic mass is 10.2. The standard InChI is InChI=1S/C18H20ClN3O2/c1-13-3-4-16(11-17(13)19)21-18(24)7-10-22(14(2)23)12-15-5-8-20-9-6-15/h3-6,8-9,11H,7,10,12H2,1-2H3,(H,21,24). The van der Waals surface area contributed by atoms with Gasteiger partial charge in [0.2, 0.25) is 11.8 Å². The number of hydrogen-bond acceptors (Lipinski definition) is 3. The Bertz CT molecular complexity index is 719. The highest BCUT2D eigenvalue weighted by atomic mass is 35.5. The Morgan fingerprint density at radius 3 is 2.54 bits per heavy atom. The number of aromatic nitrogens is 1. The van der Waals surface area contributed by atoms with Crippen molar-refractivity contribution in [2.75, 3.05) is 11.9 Å². The summed E-state index contributed by atoms with van der Waals surface area (Å²) in [6.45, 7) is 4.21. The molecule has 1 N–H and O–H groups in total. The molecule has 2 amide bonds. The fourth-order valence-electron chi connectivity index (χ4n) is 2.19. The third-order valence-corrected chi connectivity index (χ3v) is 4.04. The Balaban J connectivity index is 1.90. The van der Waals surface area contributed by atoms with Crippen LogP contribution < -0.4 is 5.32 Å². The fourth-order valence-corrected chi connectivity index (χ4v) is 2.37. The molecule has 1 heterocycles. The second-order valence-corrected chi connectivity index (χ2v) is 5.97. The van der Waals surface area contributed by atoms with Crippen LogP contribution in [0, 0.1) is 6.92 Å². The van der Waals surface area contributed by atoms with Gasteiger partial charge in [-0.25, -0.2) is 0 Å². The van der Waals surface area contributed by atoms with E-state index in [0.29, 0.717) is 23.8 Å². The molecule has 2 aromatic rings. The Morgan fingerprint density at radius 1 is 1.21 bits per heavy atom. The average Bonchev–Trinajstić information content (AvgIpc) is 2.55. The van der Waals surface area contributed by atoms with Gasteiger partial charge in [-0.15, -0.1) is 0 Å². The van der Waals surface area contributed by atoms with Crippen LogP contribution in [-0.2, 0) is 16.1 Å². The summed E-state index contributed by atoms with van der Waals surface area (Å²) in [6, 6.07) is 9.07. The smallest absolute Gasteiger partial charge is 0.226 e. The van der Waals surface area contributed by atoms with E-state index in [1.54, 1.807) is 29.4 Å². The number of nitrogens with one attached hydrogen (secondary N) is 1. The van der Waals surface area contributed by atoms with Gasteiger partial charge in [-0.2, -0.15) is 0 Å². The number of rotatable bonds is 6. The number of aryl methyl sites for hydroxylation is 1. The van der Waals surface area contributed by atoms with Crippen LogP contribution in [-0.4, -0.2) is 28.2 Å². The maximum absolute atomic E-state index is 12.1. The number of anilines is 1. The van der Waals surface area contributed by atoms with E-state index in [4.69, 9.17) is 11.6 Å². The minimum atomic E-state index is -0.157. The molecule has 0 bridgehead atoms. The monoisotopic (exact) mass is 345 g/mol. The van der Waals surface area contributed by atoms with Crippen LogP contribution >= 0.6 is 11.6 Å². The highest BCUT2D eigenvalue weighted by Gasteiger charge is 2.12. The Labute approximate surface area is 146 Å². The highest BCUT2D eigenvalue weighted by molar-refractivity contribution is 6.31. The Kier molecular flexibility index (Phi) is 6.32. The molecule has 0 aliphatic rings. The van der Waals surface area contributed by atoms with E-state index in [1.165, 1.54) is 6.92 Å². The minimum absolute atomic E-state index is 0.0713. The average molecular weight is 346 g/mol. The van der Waals surface area contributed by atoms with Crippen molar-refractivity contribution < 1.29 is 9.59 Å². The molecule has 2 rings (SSSR count). The maximum Gasteiger partial charge on any atom is 0.226 e. The van der Waals surface area contributed by atoms with Crippen molar-refractivity contribution >= 4 is 29.1 Å². The number of pyridine rings is 1. The predicted molar refractivity (Wildman–Crippen MR) is 94.8 cm³/mol. The van der Waals surface area contributed by atoms with Gasteiger partial charge in [0.1, 0.15) is 0 Å². The van der Waals surface area contributed by atoms with E-state index in [-0.39, 0.29) is 18.2 Å². The van der Waals surface area contributed by atoms with Crippen LogP contribution in [0.4, 0.5) is 5.69 Å². The molecule has 24 heavy (non-hydrogen) atoms. The minimum Gasteiger partial charge on any atom is -0.338 e. The first-order valence-corrected chi connectivity index (χ1v) is 8.04. The van der Waals surface area contributed by atoms with Gasteiger partial charge in [-0.3, -0.25) is 14.6 Å². The molecule has 0 saturated carbocycles. The summed E-state index contributed by atoms with van der Waals surface area (Å²) in [7, 11) is 0. The summed E-state index contributed by atoms with van der Waals surface area (Å²) in [4.78, 5) is 29.4. The number of benzene rings is 1. The van der Waals surface area contributed by atoms with Crippen LogP contribution in [0.2, 0.25) is 5.02 Å². The highest BCUT2D eigenvalue weighted by Crippen LogP contribution is 2.20. The molecule has 0 fully saturated rings. The van der Waals surface area contributed by atoms with E-state index in [0.717, 1.165) is 11.1 Å². The molecule has 0 atom stereocenters. The van der Waals surface area contributed by atoms with Crippen LogP contribution in [0.15, 0.2) is 42.7 Å². The first kappa shape index (κ1) is 17.9. The van der Waals surface area contributed by atoms with Crippen LogP contribution in [0.3, 0.4) is 0 Å². The number of hydrogen-bond donors (Lipinski definition) is 1. The van der Waals surface area contributed by atoms with Gasteiger partial charge in [0.15, 0.2) is 0 Å². The van der Waals surface area contributed by atoms with Crippen molar-refractivity contribution in [3.05, 3.63) is 58.9 Å². The summed E-state index contributed by atoms with van der Waals surface area (Å²) in [5.74, 6) is -0.228. The number of amides is 2. The van der Waals surface area contributed by atoms with Crippen molar-refractivity contribution in [2.45, 2.75) is 26.8 Å². The van der Waals surface area contributed by atoms with Gasteiger partial charge in [0, 0.05) is 49.5 Å². The van der Waals surface area contributed by atoms with Crippen LogP contribution in [0.5, 0.6) is 0 Å². The SMILES string of the molecule is CC(=O)N(CCC(=O)Nc1ccc(C)c(Cl)c1)Cc1ccncc1. The van der Waals surface area contributed by atoms with Gasteiger partial charge < -0.3 is 10.2 Å². The number of halogens is 1. The zero-order valence-electron chi connectivity index (χ0n) is 13.8. The summed E-state index contributed by atoms with van der Waals surface area (Å²) < 4.78 is 0.